The van der Waals surface area contributed by atoms with Crippen LogP contribution in [0.1, 0.15) is 17.6 Å². The normalized spacial score (nSPS) is 13.0. The highest BCUT2D eigenvalue weighted by Gasteiger charge is 2.12. The zero-order chi connectivity index (χ0) is 12.5. The van der Waals surface area contributed by atoms with Crippen LogP contribution in [0.2, 0.25) is 0 Å². The number of fused-ring (bicyclic) bond motifs is 1. The van der Waals surface area contributed by atoms with Gasteiger partial charge in [0.25, 0.3) is 0 Å². The molecule has 0 bridgehead atoms. The lowest BCUT2D eigenvalue weighted by Gasteiger charge is -2.06. The molecule has 92 valence electrons. The first-order valence-corrected chi connectivity index (χ1v) is 6.39. The van der Waals surface area contributed by atoms with Gasteiger partial charge in [-0.05, 0) is 18.2 Å². The van der Waals surface area contributed by atoms with Crippen LogP contribution in [0.25, 0.3) is 11.0 Å². The number of halogens is 1. The molecule has 6 heteroatoms. The van der Waals surface area contributed by atoms with E-state index in [4.69, 9.17) is 5.73 Å². The summed E-state index contributed by atoms with van der Waals surface area (Å²) in [7, 11) is 0. The second kappa shape index (κ2) is 4.55. The molecule has 2 aromatic heterocycles. The van der Waals surface area contributed by atoms with E-state index in [0.29, 0.717) is 6.42 Å². The fourth-order valence-electron chi connectivity index (χ4n) is 1.91. The molecule has 3 aromatic rings. The molecule has 0 aliphatic rings. The van der Waals surface area contributed by atoms with E-state index >= 15 is 0 Å². The summed E-state index contributed by atoms with van der Waals surface area (Å²) >= 11 is 3.43. The van der Waals surface area contributed by atoms with Crippen molar-refractivity contribution in [3.05, 3.63) is 46.7 Å². The van der Waals surface area contributed by atoms with E-state index in [2.05, 4.69) is 35.9 Å². The van der Waals surface area contributed by atoms with Gasteiger partial charge in [0.2, 0.25) is 0 Å². The zero-order valence-corrected chi connectivity index (χ0v) is 11.1. The monoisotopic (exact) mass is 305 g/mol. The maximum atomic E-state index is 6.13. The molecule has 0 spiro atoms. The number of nitrogens with one attached hydrogen (secondary N) is 2. The van der Waals surface area contributed by atoms with Gasteiger partial charge in [-0.3, -0.25) is 0 Å². The van der Waals surface area contributed by atoms with Crippen LogP contribution in [0, 0.1) is 0 Å². The average molecular weight is 306 g/mol. The Morgan fingerprint density at radius 1 is 1.39 bits per heavy atom. The third-order valence-electron chi connectivity index (χ3n) is 2.81. The third kappa shape index (κ3) is 2.16. The summed E-state index contributed by atoms with van der Waals surface area (Å²) in [6, 6.07) is 5.75. The van der Waals surface area contributed by atoms with E-state index in [0.717, 1.165) is 27.0 Å². The van der Waals surface area contributed by atoms with Gasteiger partial charge in [-0.2, -0.15) is 0 Å². The molecule has 5 nitrogen and oxygen atoms in total. The minimum absolute atomic E-state index is 0.170. The lowest BCUT2D eigenvalue weighted by Crippen LogP contribution is -2.15. The summed E-state index contributed by atoms with van der Waals surface area (Å²) in [5.41, 5.74) is 9.05. The first kappa shape index (κ1) is 11.4. The first-order chi connectivity index (χ1) is 8.72. The molecule has 4 N–H and O–H groups in total. The van der Waals surface area contributed by atoms with Crippen molar-refractivity contribution in [1.82, 2.24) is 19.9 Å². The van der Waals surface area contributed by atoms with Crippen molar-refractivity contribution in [3.63, 3.8) is 0 Å². The zero-order valence-electron chi connectivity index (χ0n) is 9.52. The molecular formula is C12H12BrN5. The first-order valence-electron chi connectivity index (χ1n) is 5.60. The van der Waals surface area contributed by atoms with Crippen LogP contribution in [0.15, 0.2) is 35.2 Å². The number of imidazole rings is 2. The number of aromatic amines is 2. The van der Waals surface area contributed by atoms with Crippen molar-refractivity contribution in [3.8, 4) is 0 Å². The van der Waals surface area contributed by atoms with E-state index in [1.54, 1.807) is 12.5 Å². The predicted octanol–water partition coefficient (Wildman–Crippen LogP) is 2.29. The van der Waals surface area contributed by atoms with Crippen LogP contribution in [-0.4, -0.2) is 19.9 Å². The molecule has 0 unspecified atom stereocenters. The maximum absolute atomic E-state index is 6.13. The molecule has 1 aromatic carbocycles. The molecule has 2 heterocycles. The lowest BCUT2D eigenvalue weighted by atomic mass is 10.2. The summed E-state index contributed by atoms with van der Waals surface area (Å²) in [4.78, 5) is 14.8. The van der Waals surface area contributed by atoms with Gasteiger partial charge in [-0.1, -0.05) is 15.9 Å². The standard InChI is InChI=1S/C12H12BrN5/c13-7-1-2-10-11(3-7)18-12(17-10)9(14)4-8-5-15-6-16-8/h1-3,5-6,9H,4,14H2,(H,15,16)(H,17,18)/t9-/m0/s1. The van der Waals surface area contributed by atoms with Gasteiger partial charge in [-0.15, -0.1) is 0 Å². The summed E-state index contributed by atoms with van der Waals surface area (Å²) < 4.78 is 1.02. The van der Waals surface area contributed by atoms with Crippen LogP contribution >= 0.6 is 15.9 Å². The lowest BCUT2D eigenvalue weighted by molar-refractivity contribution is 0.671. The SMILES string of the molecule is N[C@@H](Cc1cnc[nH]1)c1nc2ccc(Br)cc2[nH]1. The molecule has 0 saturated carbocycles. The van der Waals surface area contributed by atoms with Gasteiger partial charge in [-0.25, -0.2) is 9.97 Å². The predicted molar refractivity (Wildman–Crippen MR) is 73.0 cm³/mol. The van der Waals surface area contributed by atoms with E-state index < -0.39 is 0 Å². The van der Waals surface area contributed by atoms with Crippen molar-refractivity contribution < 1.29 is 0 Å². The Balaban J connectivity index is 1.89. The number of nitrogens with zero attached hydrogens (tertiary/aromatic N) is 2. The van der Waals surface area contributed by atoms with E-state index in [1.165, 1.54) is 0 Å². The van der Waals surface area contributed by atoms with Gasteiger partial charge in [0.15, 0.2) is 0 Å². The van der Waals surface area contributed by atoms with Gasteiger partial charge in [0.05, 0.1) is 23.4 Å². The second-order valence-corrected chi connectivity index (χ2v) is 5.09. The number of rotatable bonds is 3. The molecule has 0 radical (unpaired) electrons. The van der Waals surface area contributed by atoms with Crippen molar-refractivity contribution in [2.45, 2.75) is 12.5 Å². The minimum Gasteiger partial charge on any atom is -0.348 e. The Morgan fingerprint density at radius 3 is 3.06 bits per heavy atom. The molecule has 0 fully saturated rings. The highest BCUT2D eigenvalue weighted by molar-refractivity contribution is 9.10. The number of benzene rings is 1. The highest BCUT2D eigenvalue weighted by atomic mass is 79.9. The number of aromatic nitrogens is 4. The van der Waals surface area contributed by atoms with Crippen molar-refractivity contribution in [2.24, 2.45) is 5.73 Å². The second-order valence-electron chi connectivity index (χ2n) is 4.17. The molecule has 18 heavy (non-hydrogen) atoms. The summed E-state index contributed by atoms with van der Waals surface area (Å²) in [6.07, 6.45) is 4.11. The maximum Gasteiger partial charge on any atom is 0.124 e. The Hall–Kier alpha value is -1.66. The topological polar surface area (TPSA) is 83.4 Å². The summed E-state index contributed by atoms with van der Waals surface area (Å²) in [5.74, 6) is 0.790. The van der Waals surface area contributed by atoms with Crippen LogP contribution < -0.4 is 5.73 Å². The van der Waals surface area contributed by atoms with Gasteiger partial charge in [0.1, 0.15) is 5.82 Å². The van der Waals surface area contributed by atoms with Crippen LogP contribution in [0.4, 0.5) is 0 Å². The smallest absolute Gasteiger partial charge is 0.124 e. The Morgan fingerprint density at radius 2 is 2.28 bits per heavy atom. The van der Waals surface area contributed by atoms with Crippen molar-refractivity contribution in [1.29, 1.82) is 0 Å². The Kier molecular flexibility index (Phi) is 2.89. The number of nitrogens with two attached hydrogens (primary N) is 1. The molecule has 3 rings (SSSR count). The molecular weight excluding hydrogens is 294 g/mol. The van der Waals surface area contributed by atoms with Crippen LogP contribution in [0.3, 0.4) is 0 Å². The Labute approximate surface area is 112 Å². The summed E-state index contributed by atoms with van der Waals surface area (Å²) in [6.45, 7) is 0. The summed E-state index contributed by atoms with van der Waals surface area (Å²) in [5, 5.41) is 0. The largest absolute Gasteiger partial charge is 0.348 e. The van der Waals surface area contributed by atoms with Crippen LogP contribution in [0.5, 0.6) is 0 Å². The fourth-order valence-corrected chi connectivity index (χ4v) is 2.27. The minimum atomic E-state index is -0.170. The van der Waals surface area contributed by atoms with E-state index in [9.17, 15) is 0 Å². The molecule has 0 saturated heterocycles. The third-order valence-corrected chi connectivity index (χ3v) is 3.30. The molecule has 0 aliphatic heterocycles. The van der Waals surface area contributed by atoms with Crippen LogP contribution in [-0.2, 0) is 6.42 Å². The molecule has 0 amide bonds. The molecule has 0 aliphatic carbocycles. The number of hydrogen-bond acceptors (Lipinski definition) is 3. The Bertz CT molecular complexity index is 658. The van der Waals surface area contributed by atoms with Gasteiger partial charge in [0, 0.05) is 22.8 Å². The van der Waals surface area contributed by atoms with Gasteiger partial charge < -0.3 is 15.7 Å². The number of H-pyrrole nitrogens is 2. The quantitative estimate of drug-likeness (QED) is 0.694. The van der Waals surface area contributed by atoms with Gasteiger partial charge >= 0.3 is 0 Å². The van der Waals surface area contributed by atoms with Crippen molar-refractivity contribution >= 4 is 27.0 Å². The van der Waals surface area contributed by atoms with E-state index in [1.807, 2.05) is 18.2 Å². The fraction of sp³-hybridized carbons (Fsp3) is 0.167. The molecule has 1 atom stereocenters. The van der Waals surface area contributed by atoms with E-state index in [-0.39, 0.29) is 6.04 Å². The average Bonchev–Trinajstić information content (AvgIpc) is 2.96. The number of hydrogen-bond donors (Lipinski definition) is 3. The van der Waals surface area contributed by atoms with Crippen molar-refractivity contribution in [2.75, 3.05) is 0 Å². The highest BCUT2D eigenvalue weighted by Crippen LogP contribution is 2.20.